The van der Waals surface area contributed by atoms with Crippen molar-refractivity contribution < 1.29 is 4.79 Å². The van der Waals surface area contributed by atoms with Crippen LogP contribution in [0.15, 0.2) is 90.4 Å². The Labute approximate surface area is 206 Å². The van der Waals surface area contributed by atoms with Crippen LogP contribution in [0.3, 0.4) is 0 Å². The monoisotopic (exact) mass is 481 g/mol. The summed E-state index contributed by atoms with van der Waals surface area (Å²) in [6, 6.07) is 18.4. The van der Waals surface area contributed by atoms with Crippen LogP contribution in [-0.4, -0.2) is 24.9 Å². The average Bonchev–Trinajstić information content (AvgIpc) is 3.52. The molecule has 0 atom stereocenters. The van der Waals surface area contributed by atoms with Crippen molar-refractivity contribution in [3.05, 3.63) is 111 Å². The third-order valence-corrected chi connectivity index (χ3v) is 6.76. The third kappa shape index (κ3) is 4.83. The van der Waals surface area contributed by atoms with E-state index in [0.29, 0.717) is 18.7 Å². The van der Waals surface area contributed by atoms with Crippen LogP contribution in [-0.2, 0) is 6.42 Å². The summed E-state index contributed by atoms with van der Waals surface area (Å²) < 4.78 is 3.52. The van der Waals surface area contributed by atoms with Crippen molar-refractivity contribution in [3.63, 3.8) is 0 Å². The molecular weight excluding hydrogens is 458 g/mol. The quantitative estimate of drug-likeness (QED) is 0.335. The van der Waals surface area contributed by atoms with Gasteiger partial charge in [0.2, 0.25) is 0 Å². The molecule has 7 nitrogen and oxygen atoms in total. The minimum Gasteiger partial charge on any atom is -0.384 e. The summed E-state index contributed by atoms with van der Waals surface area (Å²) in [5.41, 5.74) is 9.87. The maximum Gasteiger partial charge on any atom is 0.255 e. The van der Waals surface area contributed by atoms with E-state index in [1.807, 2.05) is 60.2 Å². The molecule has 174 valence electrons. The van der Waals surface area contributed by atoms with Crippen LogP contribution in [0.5, 0.6) is 0 Å². The van der Waals surface area contributed by atoms with Crippen LogP contribution in [0.4, 0.5) is 5.82 Å². The van der Waals surface area contributed by atoms with Gasteiger partial charge in [-0.2, -0.15) is 0 Å². The molecule has 2 N–H and O–H groups in total. The average molecular weight is 482 g/mol. The van der Waals surface area contributed by atoms with Gasteiger partial charge in [-0.3, -0.25) is 14.2 Å². The summed E-state index contributed by atoms with van der Waals surface area (Å²) in [7, 11) is 0. The zero-order valence-corrected chi connectivity index (χ0v) is 19.9. The van der Waals surface area contributed by atoms with Gasteiger partial charge in [0.15, 0.2) is 5.78 Å². The van der Waals surface area contributed by atoms with Gasteiger partial charge in [-0.05, 0) is 61.9 Å². The van der Waals surface area contributed by atoms with Crippen molar-refractivity contribution in [1.29, 1.82) is 0 Å². The molecule has 4 heterocycles. The number of nitrogens with two attached hydrogens (primary N) is 1. The first-order valence-electron chi connectivity index (χ1n) is 11.1. The van der Waals surface area contributed by atoms with Crippen LogP contribution in [0.1, 0.15) is 26.7 Å². The summed E-state index contributed by atoms with van der Waals surface area (Å²) in [6.07, 6.45) is 8.09. The van der Waals surface area contributed by atoms with E-state index in [9.17, 15) is 9.59 Å². The molecule has 0 aliphatic rings. The van der Waals surface area contributed by atoms with Crippen molar-refractivity contribution >= 4 is 22.9 Å². The number of imidazole rings is 1. The van der Waals surface area contributed by atoms with Crippen molar-refractivity contribution in [2.75, 3.05) is 5.73 Å². The fourth-order valence-electron chi connectivity index (χ4n) is 3.91. The number of aryl methyl sites for hydroxylation is 2. The van der Waals surface area contributed by atoms with E-state index in [4.69, 9.17) is 5.73 Å². The molecule has 0 saturated heterocycles. The number of thiophene rings is 1. The lowest BCUT2D eigenvalue weighted by atomic mass is 10.0. The summed E-state index contributed by atoms with van der Waals surface area (Å²) in [5.74, 6) is 0.560. The maximum absolute atomic E-state index is 12.5. The highest BCUT2D eigenvalue weighted by Gasteiger charge is 2.13. The fourth-order valence-corrected chi connectivity index (χ4v) is 4.74. The third-order valence-electron chi connectivity index (χ3n) is 5.72. The maximum atomic E-state index is 12.5. The van der Waals surface area contributed by atoms with E-state index in [1.165, 1.54) is 17.4 Å². The van der Waals surface area contributed by atoms with E-state index in [0.717, 1.165) is 37.9 Å². The number of benzene rings is 1. The zero-order chi connectivity index (χ0) is 24.4. The second-order valence-electron chi connectivity index (χ2n) is 8.19. The van der Waals surface area contributed by atoms with Crippen molar-refractivity contribution in [2.45, 2.75) is 19.8 Å². The zero-order valence-electron chi connectivity index (χ0n) is 19.1. The standard InChI is InChI=1S/C27H23N5O2S/c1-18-5-11-25(35-18)24(33)10-7-20-16-31(17-30-20)23-9-8-21(32-13-3-2-4-27(32)34)14-22(23)19-6-12-26(28)29-15-19/h2-6,8-9,11-17H,7,10H2,1H3,(H2,28,29). The Bertz CT molecular complexity index is 1560. The molecule has 0 saturated carbocycles. The smallest absolute Gasteiger partial charge is 0.255 e. The largest absolute Gasteiger partial charge is 0.384 e. The van der Waals surface area contributed by atoms with Gasteiger partial charge in [-0.1, -0.05) is 6.07 Å². The Hall–Kier alpha value is -4.30. The minimum atomic E-state index is -0.114. The van der Waals surface area contributed by atoms with E-state index in [2.05, 4.69) is 9.97 Å². The number of Topliss-reactive ketones (excluding diaryl/α,β-unsaturated/α-hetero) is 1. The molecule has 4 aromatic heterocycles. The number of anilines is 1. The van der Waals surface area contributed by atoms with Gasteiger partial charge in [-0.25, -0.2) is 9.97 Å². The van der Waals surface area contributed by atoms with Crippen LogP contribution < -0.4 is 11.3 Å². The Morgan fingerprint density at radius 3 is 2.69 bits per heavy atom. The number of ketones is 1. The summed E-state index contributed by atoms with van der Waals surface area (Å²) >= 11 is 1.52. The van der Waals surface area contributed by atoms with Gasteiger partial charge in [-0.15, -0.1) is 11.3 Å². The first kappa shape index (κ1) is 22.5. The van der Waals surface area contributed by atoms with E-state index in [1.54, 1.807) is 35.4 Å². The number of hydrogen-bond acceptors (Lipinski definition) is 6. The number of aromatic nitrogens is 4. The molecule has 0 unspecified atom stereocenters. The normalized spacial score (nSPS) is 11.0. The van der Waals surface area contributed by atoms with Crippen LogP contribution in [0.2, 0.25) is 0 Å². The molecule has 0 fully saturated rings. The van der Waals surface area contributed by atoms with Crippen LogP contribution >= 0.6 is 11.3 Å². The molecular formula is C27H23N5O2S. The van der Waals surface area contributed by atoms with Gasteiger partial charge in [0.1, 0.15) is 5.82 Å². The lowest BCUT2D eigenvalue weighted by molar-refractivity contribution is 0.0986. The summed E-state index contributed by atoms with van der Waals surface area (Å²) in [4.78, 5) is 35.6. The van der Waals surface area contributed by atoms with Crippen molar-refractivity contribution in [2.24, 2.45) is 0 Å². The molecule has 8 heteroatoms. The SMILES string of the molecule is Cc1ccc(C(=O)CCc2cn(-c3ccc(-n4ccccc4=O)cc3-c3ccc(N)nc3)cn2)s1. The Morgan fingerprint density at radius 1 is 1.06 bits per heavy atom. The van der Waals surface area contributed by atoms with E-state index in [-0.39, 0.29) is 11.3 Å². The second kappa shape index (κ2) is 9.52. The molecule has 1 aromatic carbocycles. The van der Waals surface area contributed by atoms with E-state index < -0.39 is 0 Å². The van der Waals surface area contributed by atoms with E-state index >= 15 is 0 Å². The lowest BCUT2D eigenvalue weighted by Crippen LogP contribution is -2.15. The van der Waals surface area contributed by atoms with Crippen LogP contribution in [0, 0.1) is 6.92 Å². The summed E-state index contributed by atoms with van der Waals surface area (Å²) in [6.45, 7) is 2.00. The topological polar surface area (TPSA) is 95.8 Å². The van der Waals surface area contributed by atoms with Gasteiger partial charge >= 0.3 is 0 Å². The Balaban J connectivity index is 1.48. The second-order valence-corrected chi connectivity index (χ2v) is 9.48. The first-order chi connectivity index (χ1) is 17.0. The molecule has 0 aliphatic carbocycles. The molecule has 0 bridgehead atoms. The highest BCUT2D eigenvalue weighted by atomic mass is 32.1. The van der Waals surface area contributed by atoms with Gasteiger partial charge in [0.05, 0.1) is 22.6 Å². The molecule has 35 heavy (non-hydrogen) atoms. The van der Waals surface area contributed by atoms with Gasteiger partial charge < -0.3 is 10.3 Å². The lowest BCUT2D eigenvalue weighted by Gasteiger charge is -2.14. The highest BCUT2D eigenvalue weighted by Crippen LogP contribution is 2.29. The number of pyridine rings is 2. The Kier molecular flexibility index (Phi) is 6.12. The molecule has 0 radical (unpaired) electrons. The number of hydrogen-bond donors (Lipinski definition) is 1. The van der Waals surface area contributed by atoms with Crippen molar-refractivity contribution in [1.82, 2.24) is 19.1 Å². The van der Waals surface area contributed by atoms with Gasteiger partial charge in [0, 0.05) is 52.8 Å². The molecule has 0 amide bonds. The molecule has 0 spiro atoms. The predicted octanol–water partition coefficient (Wildman–Crippen LogP) is 4.85. The number of carbonyl (C=O) groups excluding carboxylic acids is 1. The van der Waals surface area contributed by atoms with Crippen molar-refractivity contribution in [3.8, 4) is 22.5 Å². The number of rotatable bonds is 7. The predicted molar refractivity (Wildman–Crippen MR) is 139 cm³/mol. The fraction of sp³-hybridized carbons (Fsp3) is 0.111. The number of carbonyl (C=O) groups is 1. The Morgan fingerprint density at radius 2 is 1.94 bits per heavy atom. The van der Waals surface area contributed by atoms with Crippen LogP contribution in [0.25, 0.3) is 22.5 Å². The first-order valence-corrected chi connectivity index (χ1v) is 12.0. The highest BCUT2D eigenvalue weighted by molar-refractivity contribution is 7.14. The molecule has 5 rings (SSSR count). The van der Waals surface area contributed by atoms with Gasteiger partial charge in [0.25, 0.3) is 5.56 Å². The number of nitrogen functional groups attached to an aromatic ring is 1. The molecule has 5 aromatic rings. The molecule has 0 aliphatic heterocycles. The minimum absolute atomic E-state index is 0.114. The summed E-state index contributed by atoms with van der Waals surface area (Å²) in [5, 5.41) is 0. The number of nitrogens with zero attached hydrogens (tertiary/aromatic N) is 4.